The lowest BCUT2D eigenvalue weighted by Gasteiger charge is -2.22. The van der Waals surface area contributed by atoms with Crippen LogP contribution in [-0.4, -0.2) is 57.7 Å². The SMILES string of the molecule is O=C1[C@@H](N2C(=O)[C@@H]3CCCN3C2=O)CCN1Cc1ccc(F)cc1. The van der Waals surface area contributed by atoms with Gasteiger partial charge in [0.05, 0.1) is 0 Å². The van der Waals surface area contributed by atoms with Crippen LogP contribution in [0.1, 0.15) is 24.8 Å². The summed E-state index contributed by atoms with van der Waals surface area (Å²) in [6.07, 6.45) is 1.98. The molecule has 3 heterocycles. The predicted octanol–water partition coefficient (Wildman–Crippen LogP) is 1.35. The maximum atomic E-state index is 13.0. The summed E-state index contributed by atoms with van der Waals surface area (Å²) < 4.78 is 13.0. The topological polar surface area (TPSA) is 60.9 Å². The van der Waals surface area contributed by atoms with E-state index < -0.39 is 6.04 Å². The summed E-state index contributed by atoms with van der Waals surface area (Å²) in [5, 5.41) is 0. The van der Waals surface area contributed by atoms with E-state index in [1.807, 2.05) is 0 Å². The van der Waals surface area contributed by atoms with Crippen molar-refractivity contribution >= 4 is 17.8 Å². The molecule has 0 spiro atoms. The molecule has 0 bridgehead atoms. The Morgan fingerprint density at radius 3 is 2.42 bits per heavy atom. The molecule has 4 rings (SSSR count). The van der Waals surface area contributed by atoms with Gasteiger partial charge in [-0.05, 0) is 37.0 Å². The highest BCUT2D eigenvalue weighted by molar-refractivity contribution is 6.08. The average Bonchev–Trinajstić information content (AvgIpc) is 3.23. The number of amides is 4. The maximum absolute atomic E-state index is 13.0. The van der Waals surface area contributed by atoms with E-state index in [0.29, 0.717) is 32.5 Å². The van der Waals surface area contributed by atoms with Crippen molar-refractivity contribution in [3.05, 3.63) is 35.6 Å². The highest BCUT2D eigenvalue weighted by Crippen LogP contribution is 2.31. The number of fused-ring (bicyclic) bond motifs is 1. The van der Waals surface area contributed by atoms with E-state index in [1.165, 1.54) is 12.1 Å². The smallest absolute Gasteiger partial charge is 0.328 e. The van der Waals surface area contributed by atoms with E-state index in [2.05, 4.69) is 0 Å². The molecule has 0 radical (unpaired) electrons. The van der Waals surface area contributed by atoms with Crippen molar-refractivity contribution in [1.29, 1.82) is 0 Å². The van der Waals surface area contributed by atoms with Gasteiger partial charge in [0.15, 0.2) is 0 Å². The summed E-state index contributed by atoms with van der Waals surface area (Å²) in [7, 11) is 0. The Bertz CT molecular complexity index is 684. The lowest BCUT2D eigenvalue weighted by atomic mass is 10.1. The molecule has 0 aliphatic carbocycles. The maximum Gasteiger partial charge on any atom is 0.328 e. The van der Waals surface area contributed by atoms with Gasteiger partial charge < -0.3 is 9.80 Å². The van der Waals surface area contributed by atoms with Gasteiger partial charge in [-0.3, -0.25) is 9.59 Å². The largest absolute Gasteiger partial charge is 0.336 e. The number of carbonyl (C=O) groups excluding carboxylic acids is 3. The summed E-state index contributed by atoms with van der Waals surface area (Å²) >= 11 is 0. The van der Waals surface area contributed by atoms with Crippen LogP contribution in [-0.2, 0) is 16.1 Å². The lowest BCUT2D eigenvalue weighted by Crippen LogP contribution is -2.46. The molecule has 1 aromatic rings. The van der Waals surface area contributed by atoms with Crippen LogP contribution in [0, 0.1) is 5.82 Å². The highest BCUT2D eigenvalue weighted by atomic mass is 19.1. The molecule has 7 heteroatoms. The predicted molar refractivity (Wildman–Crippen MR) is 82.2 cm³/mol. The molecular weight excluding hydrogens is 313 g/mol. The number of rotatable bonds is 3. The van der Waals surface area contributed by atoms with Crippen LogP contribution in [0.15, 0.2) is 24.3 Å². The van der Waals surface area contributed by atoms with Gasteiger partial charge in [0.1, 0.15) is 17.9 Å². The minimum atomic E-state index is -0.698. The van der Waals surface area contributed by atoms with Crippen LogP contribution >= 0.6 is 0 Å². The third-order valence-corrected chi connectivity index (χ3v) is 5.09. The second-order valence-corrected chi connectivity index (χ2v) is 6.53. The van der Waals surface area contributed by atoms with E-state index in [0.717, 1.165) is 16.9 Å². The van der Waals surface area contributed by atoms with Crippen LogP contribution in [0.4, 0.5) is 9.18 Å². The third kappa shape index (κ3) is 2.26. The van der Waals surface area contributed by atoms with Crippen molar-refractivity contribution in [2.24, 2.45) is 0 Å². The molecule has 4 amide bonds. The Morgan fingerprint density at radius 1 is 0.958 bits per heavy atom. The monoisotopic (exact) mass is 331 g/mol. The van der Waals surface area contributed by atoms with Gasteiger partial charge in [-0.25, -0.2) is 14.1 Å². The van der Waals surface area contributed by atoms with Crippen molar-refractivity contribution in [2.45, 2.75) is 37.9 Å². The first-order chi connectivity index (χ1) is 11.6. The number of nitrogens with zero attached hydrogens (tertiary/aromatic N) is 3. The van der Waals surface area contributed by atoms with E-state index in [4.69, 9.17) is 0 Å². The Kier molecular flexibility index (Phi) is 3.51. The van der Waals surface area contributed by atoms with Crippen LogP contribution in [0.25, 0.3) is 0 Å². The fraction of sp³-hybridized carbons (Fsp3) is 0.471. The van der Waals surface area contributed by atoms with Crippen LogP contribution in [0.3, 0.4) is 0 Å². The van der Waals surface area contributed by atoms with Gasteiger partial charge in [0.25, 0.3) is 5.91 Å². The number of imide groups is 1. The Balaban J connectivity index is 1.48. The quantitative estimate of drug-likeness (QED) is 0.786. The fourth-order valence-corrected chi connectivity index (χ4v) is 3.86. The molecule has 126 valence electrons. The number of likely N-dealkylation sites (tertiary alicyclic amines) is 1. The molecular formula is C17H18FN3O3. The van der Waals surface area contributed by atoms with Crippen molar-refractivity contribution in [2.75, 3.05) is 13.1 Å². The minimum absolute atomic E-state index is 0.206. The lowest BCUT2D eigenvalue weighted by molar-refractivity contribution is -0.138. The molecule has 6 nitrogen and oxygen atoms in total. The van der Waals surface area contributed by atoms with E-state index in [9.17, 15) is 18.8 Å². The van der Waals surface area contributed by atoms with Gasteiger partial charge >= 0.3 is 6.03 Å². The molecule has 1 aromatic carbocycles. The van der Waals surface area contributed by atoms with Crippen LogP contribution < -0.4 is 0 Å². The second kappa shape index (κ2) is 5.58. The van der Waals surface area contributed by atoms with Gasteiger partial charge in [-0.15, -0.1) is 0 Å². The average molecular weight is 331 g/mol. The Morgan fingerprint density at radius 2 is 1.71 bits per heavy atom. The number of halogens is 1. The van der Waals surface area contributed by atoms with Gasteiger partial charge in [0.2, 0.25) is 5.91 Å². The van der Waals surface area contributed by atoms with Gasteiger partial charge in [-0.2, -0.15) is 0 Å². The summed E-state index contributed by atoms with van der Waals surface area (Å²) in [6.45, 7) is 1.44. The molecule has 3 fully saturated rings. The number of hydrogen-bond acceptors (Lipinski definition) is 3. The zero-order valence-electron chi connectivity index (χ0n) is 13.2. The third-order valence-electron chi connectivity index (χ3n) is 5.09. The number of carbonyl (C=O) groups is 3. The molecule has 0 saturated carbocycles. The van der Waals surface area contributed by atoms with Crippen LogP contribution in [0.5, 0.6) is 0 Å². The number of urea groups is 1. The van der Waals surface area contributed by atoms with Gasteiger partial charge in [0, 0.05) is 19.6 Å². The summed E-state index contributed by atoms with van der Waals surface area (Å²) in [5.41, 5.74) is 0.824. The second-order valence-electron chi connectivity index (χ2n) is 6.53. The molecule has 2 atom stereocenters. The summed E-state index contributed by atoms with van der Waals surface area (Å²) in [4.78, 5) is 42.0. The summed E-state index contributed by atoms with van der Waals surface area (Å²) in [6, 6.07) is 4.58. The molecule has 3 aliphatic heterocycles. The molecule has 0 aromatic heterocycles. The first-order valence-electron chi connectivity index (χ1n) is 8.23. The standard InChI is InChI=1S/C17H18FN3O3/c18-12-5-3-11(4-6-12)10-19-9-7-14(15(19)22)21-16(23)13-2-1-8-20(13)17(21)24/h3-6,13-14H,1-2,7-10H2/t13-,14-/m0/s1. The highest BCUT2D eigenvalue weighted by Gasteiger charge is 2.53. The summed E-state index contributed by atoms with van der Waals surface area (Å²) in [5.74, 6) is -0.764. The van der Waals surface area contributed by atoms with E-state index >= 15 is 0 Å². The van der Waals surface area contributed by atoms with Gasteiger partial charge in [-0.1, -0.05) is 12.1 Å². The zero-order chi connectivity index (χ0) is 16.8. The van der Waals surface area contributed by atoms with Crippen molar-refractivity contribution in [3.63, 3.8) is 0 Å². The normalized spacial score (nSPS) is 26.7. The van der Waals surface area contributed by atoms with Crippen LogP contribution in [0.2, 0.25) is 0 Å². The van der Waals surface area contributed by atoms with Crippen molar-refractivity contribution in [3.8, 4) is 0 Å². The van der Waals surface area contributed by atoms with E-state index in [1.54, 1.807) is 21.9 Å². The first-order valence-corrected chi connectivity index (χ1v) is 8.23. The number of benzene rings is 1. The molecule has 3 saturated heterocycles. The Labute approximate surface area is 138 Å². The fourth-order valence-electron chi connectivity index (χ4n) is 3.86. The van der Waals surface area contributed by atoms with Crippen molar-refractivity contribution in [1.82, 2.24) is 14.7 Å². The Hall–Kier alpha value is -2.44. The molecule has 3 aliphatic rings. The number of hydrogen-bond donors (Lipinski definition) is 0. The zero-order valence-corrected chi connectivity index (χ0v) is 13.2. The molecule has 0 unspecified atom stereocenters. The van der Waals surface area contributed by atoms with Crippen molar-refractivity contribution < 1.29 is 18.8 Å². The minimum Gasteiger partial charge on any atom is -0.336 e. The molecule has 0 N–H and O–H groups in total. The molecule has 24 heavy (non-hydrogen) atoms. The van der Waals surface area contributed by atoms with E-state index in [-0.39, 0.29) is 29.7 Å². The first kappa shape index (κ1) is 15.1.